The van der Waals surface area contributed by atoms with Crippen molar-refractivity contribution in [3.05, 3.63) is 65.0 Å². The molecule has 0 amide bonds. The second-order valence-electron chi connectivity index (χ2n) is 5.12. The second kappa shape index (κ2) is 7.79. The van der Waals surface area contributed by atoms with E-state index in [1.807, 2.05) is 24.3 Å². The third kappa shape index (κ3) is 4.30. The van der Waals surface area contributed by atoms with E-state index in [9.17, 15) is 4.39 Å². The molecule has 0 unspecified atom stereocenters. The highest BCUT2D eigenvalue weighted by molar-refractivity contribution is 5.31. The van der Waals surface area contributed by atoms with Crippen LogP contribution in [0.4, 0.5) is 4.39 Å². The number of benzene rings is 2. The first-order valence-electron chi connectivity index (χ1n) is 7.37. The van der Waals surface area contributed by atoms with Crippen LogP contribution in [-0.4, -0.2) is 6.54 Å². The third-order valence-electron chi connectivity index (χ3n) is 3.40. The van der Waals surface area contributed by atoms with Crippen molar-refractivity contribution >= 4 is 0 Å². The Labute approximate surface area is 126 Å². The Kier molecular flexibility index (Phi) is 5.76. The molecule has 0 saturated heterocycles. The minimum atomic E-state index is -0.279. The topological polar surface area (TPSA) is 21.3 Å². The Hall–Kier alpha value is -1.87. The number of halogens is 1. The van der Waals surface area contributed by atoms with Crippen molar-refractivity contribution in [1.29, 1.82) is 0 Å². The summed E-state index contributed by atoms with van der Waals surface area (Å²) in [5, 5.41) is 3.38. The van der Waals surface area contributed by atoms with Crippen LogP contribution in [0.5, 0.6) is 5.75 Å². The Morgan fingerprint density at radius 2 is 1.81 bits per heavy atom. The van der Waals surface area contributed by atoms with Crippen LogP contribution < -0.4 is 10.1 Å². The van der Waals surface area contributed by atoms with Gasteiger partial charge in [-0.05, 0) is 42.6 Å². The quantitative estimate of drug-likeness (QED) is 0.770. The Morgan fingerprint density at radius 1 is 1.05 bits per heavy atom. The SMILES string of the molecule is CCCNCc1ccccc1COc1cccc(C)c1F. The lowest BCUT2D eigenvalue weighted by Crippen LogP contribution is -2.15. The Morgan fingerprint density at radius 3 is 2.57 bits per heavy atom. The van der Waals surface area contributed by atoms with Crippen molar-refractivity contribution in [3.63, 3.8) is 0 Å². The Balaban J connectivity index is 2.04. The number of ether oxygens (including phenoxy) is 1. The van der Waals surface area contributed by atoms with Gasteiger partial charge in [-0.3, -0.25) is 0 Å². The van der Waals surface area contributed by atoms with E-state index in [0.717, 1.165) is 25.1 Å². The summed E-state index contributed by atoms with van der Waals surface area (Å²) >= 11 is 0. The predicted molar refractivity (Wildman–Crippen MR) is 83.9 cm³/mol. The fourth-order valence-corrected chi connectivity index (χ4v) is 2.16. The van der Waals surface area contributed by atoms with E-state index >= 15 is 0 Å². The summed E-state index contributed by atoms with van der Waals surface area (Å²) in [6, 6.07) is 13.3. The molecule has 1 N–H and O–H groups in total. The van der Waals surface area contributed by atoms with E-state index in [1.165, 1.54) is 5.56 Å². The van der Waals surface area contributed by atoms with Crippen molar-refractivity contribution in [3.8, 4) is 5.75 Å². The molecule has 0 aromatic heterocycles. The van der Waals surface area contributed by atoms with Crippen molar-refractivity contribution in [1.82, 2.24) is 5.32 Å². The van der Waals surface area contributed by atoms with Crippen LogP contribution in [0.25, 0.3) is 0 Å². The summed E-state index contributed by atoms with van der Waals surface area (Å²) in [6.45, 7) is 6.06. The van der Waals surface area contributed by atoms with Gasteiger partial charge >= 0.3 is 0 Å². The molecule has 0 saturated carbocycles. The smallest absolute Gasteiger partial charge is 0.167 e. The lowest BCUT2D eigenvalue weighted by Gasteiger charge is -2.12. The molecule has 0 aliphatic heterocycles. The zero-order valence-electron chi connectivity index (χ0n) is 12.7. The van der Waals surface area contributed by atoms with Crippen LogP contribution in [0.1, 0.15) is 30.0 Å². The van der Waals surface area contributed by atoms with Crippen LogP contribution in [0.2, 0.25) is 0 Å². The minimum Gasteiger partial charge on any atom is -0.486 e. The average Bonchev–Trinajstić information content (AvgIpc) is 2.50. The molecule has 2 aromatic carbocycles. The molecule has 0 fully saturated rings. The van der Waals surface area contributed by atoms with Gasteiger partial charge in [-0.15, -0.1) is 0 Å². The standard InChI is InChI=1S/C18H22FNO/c1-3-11-20-12-15-8-4-5-9-16(15)13-21-17-10-6-7-14(2)18(17)19/h4-10,20H,3,11-13H2,1-2H3. The normalized spacial score (nSPS) is 10.6. The van der Waals surface area contributed by atoms with E-state index in [-0.39, 0.29) is 5.82 Å². The first-order valence-corrected chi connectivity index (χ1v) is 7.37. The van der Waals surface area contributed by atoms with Crippen molar-refractivity contribution in [2.75, 3.05) is 6.54 Å². The van der Waals surface area contributed by atoms with E-state index in [1.54, 1.807) is 19.1 Å². The predicted octanol–water partition coefficient (Wildman–Crippen LogP) is 4.21. The highest BCUT2D eigenvalue weighted by Gasteiger charge is 2.07. The molecule has 2 aromatic rings. The number of rotatable bonds is 7. The first kappa shape index (κ1) is 15.5. The van der Waals surface area contributed by atoms with Gasteiger partial charge in [0, 0.05) is 6.54 Å². The van der Waals surface area contributed by atoms with Crippen molar-refractivity contribution in [2.24, 2.45) is 0 Å². The second-order valence-corrected chi connectivity index (χ2v) is 5.12. The maximum atomic E-state index is 13.9. The van der Waals surface area contributed by atoms with Crippen LogP contribution in [0, 0.1) is 12.7 Å². The average molecular weight is 287 g/mol. The van der Waals surface area contributed by atoms with Crippen LogP contribution in [-0.2, 0) is 13.2 Å². The molecule has 0 spiro atoms. The fraction of sp³-hybridized carbons (Fsp3) is 0.333. The summed E-state index contributed by atoms with van der Waals surface area (Å²) < 4.78 is 19.6. The molecule has 0 atom stereocenters. The van der Waals surface area contributed by atoms with Gasteiger partial charge in [-0.1, -0.05) is 43.3 Å². The molecular formula is C18H22FNO. The number of nitrogens with one attached hydrogen (secondary N) is 1. The molecule has 0 aliphatic rings. The summed E-state index contributed by atoms with van der Waals surface area (Å²) in [6.07, 6.45) is 1.10. The van der Waals surface area contributed by atoms with E-state index in [2.05, 4.69) is 18.3 Å². The first-order chi connectivity index (χ1) is 10.2. The molecule has 112 valence electrons. The number of hydrogen-bond acceptors (Lipinski definition) is 2. The fourth-order valence-electron chi connectivity index (χ4n) is 2.16. The van der Waals surface area contributed by atoms with Crippen LogP contribution >= 0.6 is 0 Å². The van der Waals surface area contributed by atoms with Gasteiger partial charge in [0.1, 0.15) is 6.61 Å². The lowest BCUT2D eigenvalue weighted by molar-refractivity contribution is 0.288. The maximum Gasteiger partial charge on any atom is 0.167 e. The van der Waals surface area contributed by atoms with Gasteiger partial charge in [0.15, 0.2) is 11.6 Å². The molecule has 0 radical (unpaired) electrons. The number of aryl methyl sites for hydroxylation is 1. The largest absolute Gasteiger partial charge is 0.486 e. The maximum absolute atomic E-state index is 13.9. The van der Waals surface area contributed by atoms with Gasteiger partial charge in [-0.2, -0.15) is 0 Å². The van der Waals surface area contributed by atoms with Gasteiger partial charge < -0.3 is 10.1 Å². The lowest BCUT2D eigenvalue weighted by atomic mass is 10.1. The zero-order chi connectivity index (χ0) is 15.1. The summed E-state index contributed by atoms with van der Waals surface area (Å²) in [5.41, 5.74) is 2.88. The minimum absolute atomic E-state index is 0.279. The third-order valence-corrected chi connectivity index (χ3v) is 3.40. The highest BCUT2D eigenvalue weighted by Crippen LogP contribution is 2.21. The molecule has 21 heavy (non-hydrogen) atoms. The van der Waals surface area contributed by atoms with Gasteiger partial charge in [-0.25, -0.2) is 4.39 Å². The molecule has 3 heteroatoms. The van der Waals surface area contributed by atoms with E-state index in [0.29, 0.717) is 17.9 Å². The summed E-state index contributed by atoms with van der Waals surface area (Å²) in [4.78, 5) is 0. The Bertz CT molecular complexity index is 583. The molecule has 0 heterocycles. The molecular weight excluding hydrogens is 265 g/mol. The molecule has 2 rings (SSSR count). The zero-order valence-corrected chi connectivity index (χ0v) is 12.7. The van der Waals surface area contributed by atoms with Gasteiger partial charge in [0.2, 0.25) is 0 Å². The van der Waals surface area contributed by atoms with Gasteiger partial charge in [0.05, 0.1) is 0 Å². The van der Waals surface area contributed by atoms with E-state index in [4.69, 9.17) is 4.74 Å². The monoisotopic (exact) mass is 287 g/mol. The van der Waals surface area contributed by atoms with Gasteiger partial charge in [0.25, 0.3) is 0 Å². The molecule has 0 aliphatic carbocycles. The van der Waals surface area contributed by atoms with E-state index < -0.39 is 0 Å². The molecule has 0 bridgehead atoms. The van der Waals surface area contributed by atoms with Crippen molar-refractivity contribution < 1.29 is 9.13 Å². The number of hydrogen-bond donors (Lipinski definition) is 1. The van der Waals surface area contributed by atoms with Crippen LogP contribution in [0.3, 0.4) is 0 Å². The summed E-state index contributed by atoms with van der Waals surface area (Å²) in [7, 11) is 0. The molecule has 2 nitrogen and oxygen atoms in total. The summed E-state index contributed by atoms with van der Waals surface area (Å²) in [5.74, 6) is 0.0328. The van der Waals surface area contributed by atoms with Crippen LogP contribution in [0.15, 0.2) is 42.5 Å². The highest BCUT2D eigenvalue weighted by atomic mass is 19.1. The van der Waals surface area contributed by atoms with Crippen molar-refractivity contribution in [2.45, 2.75) is 33.4 Å².